The van der Waals surface area contributed by atoms with Gasteiger partial charge in [0, 0.05) is 13.0 Å². The maximum absolute atomic E-state index is 8.73. The number of nitrogens with zero attached hydrogens (tertiary/aromatic N) is 1. The Balaban J connectivity index is 2.26. The quantitative estimate of drug-likeness (QED) is 0.415. The molecule has 7 heavy (non-hydrogen) atoms. The highest BCUT2D eigenvalue weighted by Gasteiger charge is 2.13. The molecule has 3 nitrogen and oxygen atoms in total. The first-order valence-electron chi connectivity index (χ1n) is 2.25. The number of hydrogen-bond acceptors (Lipinski definition) is 3. The zero-order valence-corrected chi connectivity index (χ0v) is 5.12. The fourth-order valence-corrected chi connectivity index (χ4v) is 0.903. The van der Waals surface area contributed by atoms with Crippen LogP contribution in [0.4, 0.5) is 0 Å². The van der Waals surface area contributed by atoms with Gasteiger partial charge in [0.2, 0.25) is 0 Å². The fourth-order valence-electron chi connectivity index (χ4n) is 0.582. The summed E-state index contributed by atoms with van der Waals surface area (Å²) in [5, 5.41) is 8.73. The van der Waals surface area contributed by atoms with Gasteiger partial charge >= 0.3 is 0 Å². The van der Waals surface area contributed by atoms with Crippen molar-refractivity contribution in [1.82, 2.24) is 10.2 Å². The molecular weight excluding hydrogens is 111 g/mol. The number of nitrogens with one attached hydrogen (secondary N) is 1. The Hall–Kier alpha value is 0.310. The Morgan fingerprint density at radius 3 is 2.71 bits per heavy atom. The second-order valence-corrected chi connectivity index (χ2v) is 2.25. The minimum Gasteiger partial charge on any atom is -0.377 e. The van der Waals surface area contributed by atoms with Crippen LogP contribution in [0.15, 0.2) is 0 Å². The Kier molecular flexibility index (Phi) is 1.60. The summed E-state index contributed by atoms with van der Waals surface area (Å²) in [6, 6.07) is 0. The molecule has 1 aliphatic heterocycles. The molecule has 1 fully saturated rings. The summed E-state index contributed by atoms with van der Waals surface area (Å²) in [6.07, 6.45) is 0.501. The number of aliphatic hydroxyl groups is 1. The fraction of sp³-hybridized carbons (Fsp3) is 1.00. The van der Waals surface area contributed by atoms with E-state index in [1.165, 1.54) is 0 Å². The van der Waals surface area contributed by atoms with E-state index in [1.807, 2.05) is 0 Å². The highest BCUT2D eigenvalue weighted by molar-refractivity contribution is 7.13. The molecule has 0 aromatic rings. The van der Waals surface area contributed by atoms with Crippen molar-refractivity contribution < 1.29 is 5.11 Å². The predicted molar refractivity (Wildman–Crippen MR) is 30.2 cm³/mol. The minimum atomic E-state index is -0.322. The molecule has 4 heteroatoms. The Bertz CT molecular complexity index is 62.0. The minimum absolute atomic E-state index is 0.322. The first kappa shape index (κ1) is 5.45. The number of rotatable bonds is 0. The van der Waals surface area contributed by atoms with Crippen molar-refractivity contribution in [2.75, 3.05) is 6.54 Å². The molecule has 0 aliphatic carbocycles. The molecule has 42 valence electrons. The van der Waals surface area contributed by atoms with E-state index in [2.05, 4.69) is 14.8 Å². The molecule has 1 heterocycles. The standard InChI is InChI=1S/C3H9N2OP/c6-3-1-2-5(7)4-3/h3-4,6H,1-2,7H2. The topological polar surface area (TPSA) is 35.5 Å². The molecular formula is C3H9N2OP. The van der Waals surface area contributed by atoms with Gasteiger partial charge in [-0.25, -0.2) is 10.2 Å². The molecule has 0 amide bonds. The normalized spacial score (nSPS) is 34.3. The van der Waals surface area contributed by atoms with Gasteiger partial charge < -0.3 is 5.11 Å². The van der Waals surface area contributed by atoms with Crippen molar-refractivity contribution in [2.24, 2.45) is 0 Å². The van der Waals surface area contributed by atoms with Gasteiger partial charge in [-0.3, -0.25) is 0 Å². The lowest BCUT2D eigenvalue weighted by Gasteiger charge is -2.05. The summed E-state index contributed by atoms with van der Waals surface area (Å²) in [7, 11) is 2.46. The third-order valence-electron chi connectivity index (χ3n) is 0.958. The average Bonchev–Trinajstić information content (AvgIpc) is 1.87. The summed E-state index contributed by atoms with van der Waals surface area (Å²) in [5.74, 6) is 0. The van der Waals surface area contributed by atoms with Gasteiger partial charge in [-0.1, -0.05) is 0 Å². The van der Waals surface area contributed by atoms with Crippen LogP contribution in [0.3, 0.4) is 0 Å². The third-order valence-corrected chi connectivity index (χ3v) is 1.37. The first-order chi connectivity index (χ1) is 3.29. The van der Waals surface area contributed by atoms with Crippen molar-refractivity contribution in [3.05, 3.63) is 0 Å². The maximum atomic E-state index is 8.73. The average molecular weight is 120 g/mol. The molecule has 0 aromatic carbocycles. The molecule has 2 unspecified atom stereocenters. The first-order valence-corrected chi connectivity index (χ1v) is 2.77. The van der Waals surface area contributed by atoms with E-state index in [0.717, 1.165) is 13.0 Å². The zero-order chi connectivity index (χ0) is 5.28. The van der Waals surface area contributed by atoms with Crippen molar-refractivity contribution in [1.29, 1.82) is 0 Å². The van der Waals surface area contributed by atoms with Crippen LogP contribution in [0.2, 0.25) is 0 Å². The Morgan fingerprint density at radius 1 is 1.86 bits per heavy atom. The van der Waals surface area contributed by atoms with Crippen LogP contribution < -0.4 is 5.43 Å². The molecule has 0 saturated carbocycles. The summed E-state index contributed by atoms with van der Waals surface area (Å²) in [6.45, 7) is 0.909. The van der Waals surface area contributed by atoms with E-state index in [0.29, 0.717) is 0 Å². The number of hydrogen-bond donors (Lipinski definition) is 2. The van der Waals surface area contributed by atoms with E-state index in [9.17, 15) is 0 Å². The molecule has 0 spiro atoms. The van der Waals surface area contributed by atoms with Crippen LogP contribution in [-0.4, -0.2) is 22.7 Å². The highest BCUT2D eigenvalue weighted by atomic mass is 31.0. The number of hydrazine groups is 1. The van der Waals surface area contributed by atoms with Crippen LogP contribution >= 0.6 is 9.39 Å². The molecule has 1 aliphatic rings. The predicted octanol–water partition coefficient (Wildman–Crippen LogP) is -0.695. The van der Waals surface area contributed by atoms with Gasteiger partial charge in [0.15, 0.2) is 0 Å². The van der Waals surface area contributed by atoms with Crippen molar-refractivity contribution >= 4 is 9.39 Å². The van der Waals surface area contributed by atoms with Crippen molar-refractivity contribution in [3.63, 3.8) is 0 Å². The van der Waals surface area contributed by atoms with E-state index >= 15 is 0 Å². The van der Waals surface area contributed by atoms with Gasteiger partial charge in [0.1, 0.15) is 6.23 Å². The molecule has 1 saturated heterocycles. The molecule has 2 atom stereocenters. The third kappa shape index (κ3) is 1.35. The van der Waals surface area contributed by atoms with E-state index in [1.54, 1.807) is 4.78 Å². The largest absolute Gasteiger partial charge is 0.377 e. The van der Waals surface area contributed by atoms with Crippen LogP contribution in [0, 0.1) is 0 Å². The van der Waals surface area contributed by atoms with Crippen LogP contribution in [0.1, 0.15) is 6.42 Å². The van der Waals surface area contributed by atoms with E-state index in [-0.39, 0.29) is 6.23 Å². The van der Waals surface area contributed by atoms with Gasteiger partial charge in [0.05, 0.1) is 0 Å². The number of aliphatic hydroxyl groups excluding tert-OH is 1. The second-order valence-electron chi connectivity index (χ2n) is 1.63. The SMILES string of the molecule is OC1CCN(P)N1. The summed E-state index contributed by atoms with van der Waals surface area (Å²) >= 11 is 0. The van der Waals surface area contributed by atoms with Crippen LogP contribution in [0.25, 0.3) is 0 Å². The molecule has 0 bridgehead atoms. The monoisotopic (exact) mass is 120 g/mol. The van der Waals surface area contributed by atoms with Gasteiger partial charge in [-0.15, -0.1) is 0 Å². The summed E-state index contributed by atoms with van der Waals surface area (Å²) in [4.78, 5) is 0. The van der Waals surface area contributed by atoms with Crippen molar-refractivity contribution in [2.45, 2.75) is 12.6 Å². The van der Waals surface area contributed by atoms with Gasteiger partial charge in [-0.05, 0) is 9.39 Å². The molecule has 2 N–H and O–H groups in total. The van der Waals surface area contributed by atoms with Crippen molar-refractivity contribution in [3.8, 4) is 0 Å². The highest BCUT2D eigenvalue weighted by Crippen LogP contribution is 2.05. The van der Waals surface area contributed by atoms with Crippen LogP contribution in [-0.2, 0) is 0 Å². The zero-order valence-electron chi connectivity index (χ0n) is 3.96. The lowest BCUT2D eigenvalue weighted by Crippen LogP contribution is -2.27. The molecule has 1 rings (SSSR count). The van der Waals surface area contributed by atoms with E-state index < -0.39 is 0 Å². The van der Waals surface area contributed by atoms with E-state index in [4.69, 9.17) is 5.11 Å². The van der Waals surface area contributed by atoms with Gasteiger partial charge in [0.25, 0.3) is 0 Å². The van der Waals surface area contributed by atoms with Gasteiger partial charge in [-0.2, -0.15) is 0 Å². The molecule has 0 aromatic heterocycles. The maximum Gasteiger partial charge on any atom is 0.118 e. The van der Waals surface area contributed by atoms with Crippen LogP contribution in [0.5, 0.6) is 0 Å². The second kappa shape index (κ2) is 2.05. The summed E-state index contributed by atoms with van der Waals surface area (Å²) < 4.78 is 1.80. The summed E-state index contributed by atoms with van der Waals surface area (Å²) in [5.41, 5.74) is 2.77. The lowest BCUT2D eigenvalue weighted by atomic mass is 10.4. The smallest absolute Gasteiger partial charge is 0.118 e. The molecule has 0 radical (unpaired) electrons. The Morgan fingerprint density at radius 2 is 2.57 bits per heavy atom. The lowest BCUT2D eigenvalue weighted by molar-refractivity contribution is 0.137. The Labute approximate surface area is 44.9 Å².